The molecule has 1 aromatic carbocycles. The molecular formula is C17H26N2O2. The van der Waals surface area contributed by atoms with Crippen molar-refractivity contribution in [1.82, 2.24) is 4.90 Å². The molecule has 4 heteroatoms. The quantitative estimate of drug-likeness (QED) is 0.844. The topological polar surface area (TPSA) is 55.6 Å². The largest absolute Gasteiger partial charge is 0.469 e. The van der Waals surface area contributed by atoms with E-state index in [4.69, 9.17) is 10.5 Å². The van der Waals surface area contributed by atoms with E-state index in [1.165, 1.54) is 20.0 Å². The number of ether oxygens (including phenoxy) is 1. The van der Waals surface area contributed by atoms with E-state index in [1.807, 2.05) is 30.3 Å². The van der Waals surface area contributed by atoms with Crippen LogP contribution in [0.3, 0.4) is 0 Å². The summed E-state index contributed by atoms with van der Waals surface area (Å²) in [4.78, 5) is 14.6. The zero-order valence-corrected chi connectivity index (χ0v) is 13.0. The number of rotatable bonds is 5. The fraction of sp³-hybridized carbons (Fsp3) is 0.588. The van der Waals surface area contributed by atoms with Crippen molar-refractivity contribution in [2.45, 2.75) is 44.2 Å². The minimum absolute atomic E-state index is 0.172. The van der Waals surface area contributed by atoms with Crippen LogP contribution in [0.5, 0.6) is 0 Å². The van der Waals surface area contributed by atoms with E-state index < -0.39 is 0 Å². The van der Waals surface area contributed by atoms with Crippen LogP contribution in [0.4, 0.5) is 0 Å². The summed E-state index contributed by atoms with van der Waals surface area (Å²) in [6, 6.07) is 10.7. The average molecular weight is 290 g/mol. The Bertz CT molecular complexity index is 449. The molecule has 2 N–H and O–H groups in total. The van der Waals surface area contributed by atoms with Gasteiger partial charge in [0.1, 0.15) is 0 Å². The Balaban J connectivity index is 2.19. The summed E-state index contributed by atoms with van der Waals surface area (Å²) < 4.78 is 5.02. The maximum Gasteiger partial charge on any atom is 0.314 e. The van der Waals surface area contributed by atoms with E-state index in [0.29, 0.717) is 25.2 Å². The maximum absolute atomic E-state index is 12.2. The van der Waals surface area contributed by atoms with Crippen molar-refractivity contribution < 1.29 is 9.53 Å². The zero-order chi connectivity index (χ0) is 15.2. The Kier molecular flexibility index (Phi) is 5.76. The number of methoxy groups -OCH3 is 1. The van der Waals surface area contributed by atoms with Gasteiger partial charge >= 0.3 is 5.97 Å². The first kappa shape index (κ1) is 16.0. The van der Waals surface area contributed by atoms with Crippen molar-refractivity contribution in [3.63, 3.8) is 0 Å². The Morgan fingerprint density at radius 3 is 2.71 bits per heavy atom. The number of benzene rings is 1. The van der Waals surface area contributed by atoms with E-state index in [-0.39, 0.29) is 11.9 Å². The molecule has 116 valence electrons. The van der Waals surface area contributed by atoms with Gasteiger partial charge in [-0.05, 0) is 25.3 Å². The highest BCUT2D eigenvalue weighted by molar-refractivity contribution is 5.78. The van der Waals surface area contributed by atoms with E-state index >= 15 is 0 Å². The summed E-state index contributed by atoms with van der Waals surface area (Å²) in [6.07, 6.45) is 3.50. The third-order valence-electron chi connectivity index (χ3n) is 4.55. The molecule has 0 saturated carbocycles. The van der Waals surface area contributed by atoms with Crippen LogP contribution >= 0.6 is 0 Å². The lowest BCUT2D eigenvalue weighted by molar-refractivity contribution is -0.143. The van der Waals surface area contributed by atoms with Crippen LogP contribution in [0.2, 0.25) is 0 Å². The first-order valence-corrected chi connectivity index (χ1v) is 7.76. The standard InChI is InChI=1S/C17H26N2O2/c1-13-7-6-10-15(11-18)19(13)12-16(17(20)21-2)14-8-4-3-5-9-14/h3-5,8-9,13,15-16H,6-7,10-12,18H2,1-2H3. The molecule has 0 bridgehead atoms. The smallest absolute Gasteiger partial charge is 0.314 e. The lowest BCUT2D eigenvalue weighted by atomic mass is 9.92. The van der Waals surface area contributed by atoms with E-state index in [9.17, 15) is 4.79 Å². The molecule has 1 fully saturated rings. The average Bonchev–Trinajstić information content (AvgIpc) is 2.53. The second-order valence-corrected chi connectivity index (χ2v) is 5.85. The maximum atomic E-state index is 12.2. The molecule has 0 amide bonds. The predicted molar refractivity (Wildman–Crippen MR) is 84.1 cm³/mol. The fourth-order valence-electron chi connectivity index (χ4n) is 3.28. The minimum atomic E-state index is -0.245. The lowest BCUT2D eigenvalue weighted by Crippen LogP contribution is -2.51. The van der Waals surface area contributed by atoms with Crippen LogP contribution in [0.1, 0.15) is 37.7 Å². The molecule has 3 atom stereocenters. The van der Waals surface area contributed by atoms with E-state index in [0.717, 1.165) is 12.0 Å². The number of carbonyl (C=O) groups excluding carboxylic acids is 1. The van der Waals surface area contributed by atoms with Gasteiger partial charge in [0.05, 0.1) is 13.0 Å². The molecule has 1 saturated heterocycles. The predicted octanol–water partition coefficient (Wildman–Crippen LogP) is 2.14. The summed E-state index contributed by atoms with van der Waals surface area (Å²) in [5, 5.41) is 0. The molecule has 1 aromatic rings. The highest BCUT2D eigenvalue weighted by Gasteiger charge is 2.32. The molecule has 21 heavy (non-hydrogen) atoms. The number of piperidine rings is 1. The molecule has 4 nitrogen and oxygen atoms in total. The van der Waals surface area contributed by atoms with Gasteiger partial charge in [-0.3, -0.25) is 9.69 Å². The van der Waals surface area contributed by atoms with Crippen LogP contribution in [-0.2, 0) is 9.53 Å². The third-order valence-corrected chi connectivity index (χ3v) is 4.55. The number of esters is 1. The van der Waals surface area contributed by atoms with Gasteiger partial charge in [-0.15, -0.1) is 0 Å². The van der Waals surface area contributed by atoms with Crippen LogP contribution in [0.15, 0.2) is 30.3 Å². The van der Waals surface area contributed by atoms with Crippen LogP contribution in [0, 0.1) is 0 Å². The number of nitrogens with zero attached hydrogens (tertiary/aromatic N) is 1. The van der Waals surface area contributed by atoms with Crippen molar-refractivity contribution in [3.05, 3.63) is 35.9 Å². The number of carbonyl (C=O) groups is 1. The SMILES string of the molecule is COC(=O)C(CN1C(C)CCCC1CN)c1ccccc1. The van der Waals surface area contributed by atoms with Gasteiger partial charge in [0.2, 0.25) is 0 Å². The molecule has 0 aliphatic carbocycles. The lowest BCUT2D eigenvalue weighted by Gasteiger charge is -2.41. The Morgan fingerprint density at radius 1 is 1.38 bits per heavy atom. The minimum Gasteiger partial charge on any atom is -0.469 e. The molecular weight excluding hydrogens is 264 g/mol. The van der Waals surface area contributed by atoms with Crippen LogP contribution in [-0.4, -0.2) is 43.2 Å². The van der Waals surface area contributed by atoms with Crippen molar-refractivity contribution in [1.29, 1.82) is 0 Å². The first-order chi connectivity index (χ1) is 10.2. The number of hydrogen-bond acceptors (Lipinski definition) is 4. The van der Waals surface area contributed by atoms with Crippen molar-refractivity contribution in [2.24, 2.45) is 5.73 Å². The summed E-state index contributed by atoms with van der Waals surface area (Å²) in [5.74, 6) is -0.416. The van der Waals surface area contributed by atoms with Gasteiger partial charge in [-0.2, -0.15) is 0 Å². The van der Waals surface area contributed by atoms with Gasteiger partial charge < -0.3 is 10.5 Å². The van der Waals surface area contributed by atoms with Gasteiger partial charge in [0.25, 0.3) is 0 Å². The van der Waals surface area contributed by atoms with E-state index in [2.05, 4.69) is 11.8 Å². The van der Waals surface area contributed by atoms with Gasteiger partial charge in [0, 0.05) is 25.2 Å². The molecule has 1 heterocycles. The highest BCUT2D eigenvalue weighted by atomic mass is 16.5. The number of likely N-dealkylation sites (tertiary alicyclic amines) is 1. The molecule has 2 rings (SSSR count). The monoisotopic (exact) mass is 290 g/mol. The van der Waals surface area contributed by atoms with Crippen molar-refractivity contribution >= 4 is 5.97 Å². The number of nitrogens with two attached hydrogens (primary N) is 1. The molecule has 1 aliphatic rings. The van der Waals surface area contributed by atoms with Gasteiger partial charge in [-0.1, -0.05) is 36.8 Å². The van der Waals surface area contributed by atoms with Crippen LogP contribution in [0.25, 0.3) is 0 Å². The second kappa shape index (κ2) is 7.57. The fourth-order valence-corrected chi connectivity index (χ4v) is 3.28. The summed E-state index contributed by atoms with van der Waals surface area (Å²) in [5.41, 5.74) is 6.93. The Labute approximate surface area is 127 Å². The summed E-state index contributed by atoms with van der Waals surface area (Å²) in [7, 11) is 1.46. The second-order valence-electron chi connectivity index (χ2n) is 5.85. The molecule has 3 unspecified atom stereocenters. The van der Waals surface area contributed by atoms with Gasteiger partial charge in [-0.25, -0.2) is 0 Å². The molecule has 1 aliphatic heterocycles. The van der Waals surface area contributed by atoms with Crippen molar-refractivity contribution in [2.75, 3.05) is 20.2 Å². The molecule has 0 spiro atoms. The summed E-state index contributed by atoms with van der Waals surface area (Å²) >= 11 is 0. The van der Waals surface area contributed by atoms with E-state index in [1.54, 1.807) is 0 Å². The third kappa shape index (κ3) is 3.83. The molecule has 0 radical (unpaired) electrons. The zero-order valence-electron chi connectivity index (χ0n) is 13.0. The summed E-state index contributed by atoms with van der Waals surface area (Å²) in [6.45, 7) is 3.55. The van der Waals surface area contributed by atoms with Crippen LogP contribution < -0.4 is 5.73 Å². The Morgan fingerprint density at radius 2 is 2.10 bits per heavy atom. The molecule has 0 aromatic heterocycles. The van der Waals surface area contributed by atoms with Crippen molar-refractivity contribution in [3.8, 4) is 0 Å². The number of hydrogen-bond donors (Lipinski definition) is 1. The Hall–Kier alpha value is -1.39. The normalized spacial score (nSPS) is 24.5. The van der Waals surface area contributed by atoms with Gasteiger partial charge in [0.15, 0.2) is 0 Å². The first-order valence-electron chi connectivity index (χ1n) is 7.76. The highest BCUT2D eigenvalue weighted by Crippen LogP contribution is 2.27.